The van der Waals surface area contributed by atoms with E-state index in [1.54, 1.807) is 11.6 Å². The predicted molar refractivity (Wildman–Crippen MR) is 93.3 cm³/mol. The Morgan fingerprint density at radius 1 is 1.28 bits per heavy atom. The Labute approximate surface area is 148 Å². The molecule has 1 aromatic rings. The summed E-state index contributed by atoms with van der Waals surface area (Å²) >= 11 is 0. The molecule has 0 fully saturated rings. The van der Waals surface area contributed by atoms with Gasteiger partial charge < -0.3 is 15.7 Å². The molecule has 0 aromatic carbocycles. The largest absolute Gasteiger partial charge is 0.480 e. The van der Waals surface area contributed by atoms with Crippen molar-refractivity contribution in [3.63, 3.8) is 0 Å². The number of amides is 2. The molecule has 0 aliphatic heterocycles. The van der Waals surface area contributed by atoms with Crippen LogP contribution in [-0.2, 0) is 15.1 Å². The minimum atomic E-state index is -1.09. The number of aromatic nitrogens is 2. The van der Waals surface area contributed by atoms with Crippen LogP contribution < -0.4 is 10.6 Å². The molecule has 2 amide bonds. The number of rotatable bonds is 7. The van der Waals surface area contributed by atoms with E-state index in [0.717, 1.165) is 0 Å². The maximum atomic E-state index is 12.2. The van der Waals surface area contributed by atoms with Crippen LogP contribution in [0.5, 0.6) is 0 Å². The van der Waals surface area contributed by atoms with Crippen molar-refractivity contribution in [3.05, 3.63) is 17.5 Å². The number of hydrogen-bond acceptors (Lipinski definition) is 4. The standard InChI is InChI=1S/C17H28N4O4/c1-10(2)7-13(16(24)25)20-14(22)9-18-15(23)12-8-19-21(11(12)3)17(4,5)6/h8,10,13H,7,9H2,1-6H3,(H,18,23)(H,20,22)(H,24,25)/t13-/m0/s1. The molecule has 1 rings (SSSR count). The van der Waals surface area contributed by atoms with Gasteiger partial charge in [-0.2, -0.15) is 5.10 Å². The summed E-state index contributed by atoms with van der Waals surface area (Å²) in [5.41, 5.74) is 0.833. The normalized spacial score (nSPS) is 12.8. The van der Waals surface area contributed by atoms with Crippen LogP contribution >= 0.6 is 0 Å². The van der Waals surface area contributed by atoms with Gasteiger partial charge >= 0.3 is 5.97 Å². The molecule has 140 valence electrons. The highest BCUT2D eigenvalue weighted by molar-refractivity contribution is 5.97. The number of nitrogens with one attached hydrogen (secondary N) is 2. The second kappa shape index (κ2) is 8.13. The lowest BCUT2D eigenvalue weighted by molar-refractivity contribution is -0.142. The van der Waals surface area contributed by atoms with Gasteiger partial charge in [0.1, 0.15) is 6.04 Å². The van der Waals surface area contributed by atoms with Crippen molar-refractivity contribution in [1.82, 2.24) is 20.4 Å². The molecule has 1 aromatic heterocycles. The Bertz CT molecular complexity index is 644. The molecule has 0 aliphatic carbocycles. The van der Waals surface area contributed by atoms with Gasteiger partial charge in [0.05, 0.1) is 23.8 Å². The molecular formula is C17H28N4O4. The molecule has 0 aliphatic rings. The molecule has 8 nitrogen and oxygen atoms in total. The first-order valence-electron chi connectivity index (χ1n) is 8.29. The van der Waals surface area contributed by atoms with Crippen LogP contribution in [0.3, 0.4) is 0 Å². The first kappa shape index (κ1) is 20.7. The highest BCUT2D eigenvalue weighted by atomic mass is 16.4. The quantitative estimate of drug-likeness (QED) is 0.684. The van der Waals surface area contributed by atoms with Gasteiger partial charge in [0, 0.05) is 5.69 Å². The summed E-state index contributed by atoms with van der Waals surface area (Å²) in [4.78, 5) is 35.3. The van der Waals surface area contributed by atoms with Gasteiger partial charge in [-0.05, 0) is 40.0 Å². The smallest absolute Gasteiger partial charge is 0.326 e. The van der Waals surface area contributed by atoms with Crippen molar-refractivity contribution in [1.29, 1.82) is 0 Å². The van der Waals surface area contributed by atoms with E-state index in [1.165, 1.54) is 6.20 Å². The molecule has 1 atom stereocenters. The fraction of sp³-hybridized carbons (Fsp3) is 0.647. The monoisotopic (exact) mass is 352 g/mol. The summed E-state index contributed by atoms with van der Waals surface area (Å²) in [5.74, 6) is -1.92. The van der Waals surface area contributed by atoms with Crippen molar-refractivity contribution >= 4 is 17.8 Å². The van der Waals surface area contributed by atoms with Crippen LogP contribution in [0.1, 0.15) is 57.1 Å². The van der Waals surface area contributed by atoms with Gasteiger partial charge in [-0.25, -0.2) is 4.79 Å². The average molecular weight is 352 g/mol. The Balaban J connectivity index is 2.66. The molecule has 0 saturated heterocycles. The summed E-state index contributed by atoms with van der Waals surface area (Å²) in [6, 6.07) is -0.963. The minimum Gasteiger partial charge on any atom is -0.480 e. The van der Waals surface area contributed by atoms with Crippen molar-refractivity contribution < 1.29 is 19.5 Å². The first-order chi connectivity index (χ1) is 11.4. The van der Waals surface area contributed by atoms with Crippen molar-refractivity contribution in [3.8, 4) is 0 Å². The van der Waals surface area contributed by atoms with Gasteiger partial charge in [-0.15, -0.1) is 0 Å². The molecule has 3 N–H and O–H groups in total. The predicted octanol–water partition coefficient (Wildman–Crippen LogP) is 1.29. The first-order valence-corrected chi connectivity index (χ1v) is 8.29. The zero-order valence-electron chi connectivity index (χ0n) is 15.7. The molecule has 0 radical (unpaired) electrons. The van der Waals surface area contributed by atoms with Crippen LogP contribution in [0.25, 0.3) is 0 Å². The number of carboxylic acids is 1. The molecule has 1 heterocycles. The fourth-order valence-corrected chi connectivity index (χ4v) is 2.50. The van der Waals surface area contributed by atoms with E-state index in [4.69, 9.17) is 5.11 Å². The van der Waals surface area contributed by atoms with E-state index in [0.29, 0.717) is 17.7 Å². The SMILES string of the molecule is Cc1c(C(=O)NCC(=O)N[C@@H](CC(C)C)C(=O)O)cnn1C(C)(C)C. The van der Waals surface area contributed by atoms with Gasteiger partial charge in [0.25, 0.3) is 5.91 Å². The van der Waals surface area contributed by atoms with E-state index in [2.05, 4.69) is 15.7 Å². The highest BCUT2D eigenvalue weighted by Crippen LogP contribution is 2.18. The van der Waals surface area contributed by atoms with E-state index < -0.39 is 23.8 Å². The maximum Gasteiger partial charge on any atom is 0.326 e. The third-order valence-corrected chi connectivity index (χ3v) is 3.64. The topological polar surface area (TPSA) is 113 Å². The van der Waals surface area contributed by atoms with Crippen LogP contribution in [0.4, 0.5) is 0 Å². The highest BCUT2D eigenvalue weighted by Gasteiger charge is 2.23. The Morgan fingerprint density at radius 2 is 1.88 bits per heavy atom. The van der Waals surface area contributed by atoms with Crippen LogP contribution in [0, 0.1) is 12.8 Å². The van der Waals surface area contributed by atoms with E-state index in [1.807, 2.05) is 34.6 Å². The number of nitrogens with zero attached hydrogens (tertiary/aromatic N) is 2. The maximum absolute atomic E-state index is 12.2. The lowest BCUT2D eigenvalue weighted by Crippen LogP contribution is -2.46. The third-order valence-electron chi connectivity index (χ3n) is 3.64. The summed E-state index contributed by atoms with van der Waals surface area (Å²) in [7, 11) is 0. The number of carboxylic acid groups (broad SMARTS) is 1. The van der Waals surface area contributed by atoms with E-state index >= 15 is 0 Å². The number of carbonyl (C=O) groups excluding carboxylic acids is 2. The molecule has 8 heteroatoms. The molecule has 0 bridgehead atoms. The van der Waals surface area contributed by atoms with Crippen molar-refractivity contribution in [2.24, 2.45) is 5.92 Å². The second-order valence-electron chi connectivity index (χ2n) is 7.50. The van der Waals surface area contributed by atoms with E-state index in [-0.39, 0.29) is 18.0 Å². The summed E-state index contributed by atoms with van der Waals surface area (Å²) in [5, 5.41) is 18.3. The van der Waals surface area contributed by atoms with Gasteiger partial charge in [-0.1, -0.05) is 13.8 Å². The Morgan fingerprint density at radius 3 is 2.32 bits per heavy atom. The zero-order chi connectivity index (χ0) is 19.4. The number of hydrogen-bond donors (Lipinski definition) is 3. The number of aliphatic carboxylic acids is 1. The molecule has 0 spiro atoms. The lowest BCUT2D eigenvalue weighted by Gasteiger charge is -2.21. The minimum absolute atomic E-state index is 0.127. The Hall–Kier alpha value is -2.38. The summed E-state index contributed by atoms with van der Waals surface area (Å²) in [6.45, 7) is 11.2. The third kappa shape index (κ3) is 5.88. The zero-order valence-corrected chi connectivity index (χ0v) is 15.7. The van der Waals surface area contributed by atoms with Gasteiger partial charge in [0.2, 0.25) is 5.91 Å². The lowest BCUT2D eigenvalue weighted by atomic mass is 10.0. The van der Waals surface area contributed by atoms with Crippen molar-refractivity contribution in [2.75, 3.05) is 6.54 Å². The van der Waals surface area contributed by atoms with Gasteiger partial charge in [0.15, 0.2) is 0 Å². The Kier molecular flexibility index (Phi) is 6.72. The van der Waals surface area contributed by atoms with Crippen molar-refractivity contribution in [2.45, 2.75) is 59.5 Å². The van der Waals surface area contributed by atoms with Crippen LogP contribution in [0.2, 0.25) is 0 Å². The molecule has 25 heavy (non-hydrogen) atoms. The fourth-order valence-electron chi connectivity index (χ4n) is 2.50. The molecule has 0 unspecified atom stereocenters. The average Bonchev–Trinajstić information content (AvgIpc) is 2.85. The molecule has 0 saturated carbocycles. The summed E-state index contributed by atoms with van der Waals surface area (Å²) < 4.78 is 1.74. The van der Waals surface area contributed by atoms with Gasteiger partial charge in [-0.3, -0.25) is 14.3 Å². The number of carbonyl (C=O) groups is 3. The second-order valence-corrected chi connectivity index (χ2v) is 7.50. The summed E-state index contributed by atoms with van der Waals surface area (Å²) in [6.07, 6.45) is 1.79. The van der Waals surface area contributed by atoms with E-state index in [9.17, 15) is 14.4 Å². The van der Waals surface area contributed by atoms with Crippen LogP contribution in [-0.4, -0.2) is 45.3 Å². The molecular weight excluding hydrogens is 324 g/mol. The van der Waals surface area contributed by atoms with Crippen LogP contribution in [0.15, 0.2) is 6.20 Å².